The molecule has 0 aliphatic heterocycles. The zero-order valence-electron chi connectivity index (χ0n) is 15.5. The van der Waals surface area contributed by atoms with Crippen LogP contribution in [0.4, 0.5) is 5.69 Å². The molecule has 3 rings (SSSR count). The van der Waals surface area contributed by atoms with Gasteiger partial charge >= 0.3 is 0 Å². The Kier molecular flexibility index (Phi) is 6.87. The molecule has 0 fully saturated rings. The second-order valence-corrected chi connectivity index (χ2v) is 7.63. The Bertz CT molecular complexity index is 1080. The molecule has 29 heavy (non-hydrogen) atoms. The normalized spacial score (nSPS) is 11.7. The highest BCUT2D eigenvalue weighted by molar-refractivity contribution is 7.81. The standard InChI is InChI=1S/C22H18Cl2N2O2S/c1-14-4-7-17(8-5-14)25-22(29)20(26-10-2-3-15(12-26)13-27)21(28)16-6-9-18(23)19(24)11-16/h2-12,27H,13H2,1H3,(H-,25,28,29). The van der Waals surface area contributed by atoms with Crippen molar-refractivity contribution >= 4 is 57.6 Å². The number of aliphatic hydroxyl groups excluding tert-OH is 1. The minimum Gasteiger partial charge on any atom is -0.867 e. The molecule has 0 aliphatic carbocycles. The molecule has 0 aliphatic rings. The van der Waals surface area contributed by atoms with Gasteiger partial charge in [0.2, 0.25) is 5.70 Å². The Labute approximate surface area is 184 Å². The van der Waals surface area contributed by atoms with Gasteiger partial charge in [0.05, 0.1) is 16.7 Å². The summed E-state index contributed by atoms with van der Waals surface area (Å²) < 4.78 is 1.60. The van der Waals surface area contributed by atoms with Gasteiger partial charge in [-0.25, -0.2) is 0 Å². The number of thiocarbonyl (C=S) groups is 1. The van der Waals surface area contributed by atoms with E-state index in [4.69, 9.17) is 35.4 Å². The predicted molar refractivity (Wildman–Crippen MR) is 120 cm³/mol. The van der Waals surface area contributed by atoms with E-state index >= 15 is 0 Å². The minimum absolute atomic E-state index is 0.159. The van der Waals surface area contributed by atoms with E-state index in [0.717, 1.165) is 11.3 Å². The van der Waals surface area contributed by atoms with Gasteiger partial charge in [0.1, 0.15) is 0 Å². The van der Waals surface area contributed by atoms with Crippen molar-refractivity contribution in [3.05, 3.63) is 93.7 Å². The Hall–Kier alpha value is -2.44. The lowest BCUT2D eigenvalue weighted by Crippen LogP contribution is -2.40. The van der Waals surface area contributed by atoms with Crippen LogP contribution in [-0.4, -0.2) is 10.1 Å². The topological polar surface area (TPSA) is 59.2 Å². The second-order valence-electron chi connectivity index (χ2n) is 6.40. The average molecular weight is 445 g/mol. The van der Waals surface area contributed by atoms with Crippen LogP contribution in [0.15, 0.2) is 67.0 Å². The lowest BCUT2D eigenvalue weighted by molar-refractivity contribution is -0.578. The van der Waals surface area contributed by atoms with E-state index in [2.05, 4.69) is 5.32 Å². The summed E-state index contributed by atoms with van der Waals surface area (Å²) in [6.45, 7) is 1.83. The molecule has 2 aromatic carbocycles. The number of halogens is 2. The Morgan fingerprint density at radius 2 is 1.83 bits per heavy atom. The molecule has 3 aromatic rings. The van der Waals surface area contributed by atoms with Gasteiger partial charge in [0, 0.05) is 17.3 Å². The highest BCUT2D eigenvalue weighted by Gasteiger charge is 2.20. The van der Waals surface area contributed by atoms with Crippen molar-refractivity contribution in [2.75, 3.05) is 5.32 Å². The van der Waals surface area contributed by atoms with Gasteiger partial charge in [-0.15, -0.1) is 0 Å². The third-order valence-corrected chi connectivity index (χ3v) is 5.26. The van der Waals surface area contributed by atoms with Gasteiger partial charge in [-0.05, 0) is 48.6 Å². The summed E-state index contributed by atoms with van der Waals surface area (Å²) in [4.78, 5) is 0.241. The van der Waals surface area contributed by atoms with Gasteiger partial charge in [0.15, 0.2) is 17.4 Å². The summed E-state index contributed by atoms with van der Waals surface area (Å²) in [6.07, 6.45) is 3.36. The maximum absolute atomic E-state index is 13.3. The van der Waals surface area contributed by atoms with Crippen LogP contribution in [0.2, 0.25) is 10.0 Å². The van der Waals surface area contributed by atoms with Gasteiger partial charge < -0.3 is 15.5 Å². The van der Waals surface area contributed by atoms with Crippen LogP contribution in [0.3, 0.4) is 0 Å². The van der Waals surface area contributed by atoms with Crippen molar-refractivity contribution in [2.24, 2.45) is 0 Å². The molecule has 148 valence electrons. The molecular weight excluding hydrogens is 427 g/mol. The molecule has 0 atom stereocenters. The van der Waals surface area contributed by atoms with Crippen molar-refractivity contribution in [3.8, 4) is 0 Å². The maximum atomic E-state index is 13.3. The number of hydrogen-bond donors (Lipinski definition) is 2. The fraction of sp³-hybridized carbons (Fsp3) is 0.0909. The van der Waals surface area contributed by atoms with Crippen LogP contribution in [0, 0.1) is 6.92 Å². The van der Waals surface area contributed by atoms with E-state index in [-0.39, 0.29) is 28.1 Å². The number of benzene rings is 2. The first-order chi connectivity index (χ1) is 13.9. The predicted octanol–water partition coefficient (Wildman–Crippen LogP) is 4.21. The average Bonchev–Trinajstić information content (AvgIpc) is 2.72. The SMILES string of the molecule is Cc1ccc(NC(=S)/C(=C(\[O-])c2ccc(Cl)c(Cl)c2)[n+]2cccc(CO)c2)cc1. The quantitative estimate of drug-likeness (QED) is 0.268. The van der Waals surface area contributed by atoms with Crippen molar-refractivity contribution in [2.45, 2.75) is 13.5 Å². The Balaban J connectivity index is 2.10. The first kappa shape index (κ1) is 21.3. The highest BCUT2D eigenvalue weighted by Crippen LogP contribution is 2.26. The van der Waals surface area contributed by atoms with E-state index in [1.807, 2.05) is 31.2 Å². The Morgan fingerprint density at radius 3 is 2.48 bits per heavy atom. The molecule has 7 heteroatoms. The fourth-order valence-corrected chi connectivity index (χ4v) is 3.31. The second kappa shape index (κ2) is 9.37. The van der Waals surface area contributed by atoms with Gasteiger partial charge in [-0.2, -0.15) is 4.57 Å². The van der Waals surface area contributed by atoms with E-state index in [1.54, 1.807) is 41.2 Å². The zero-order chi connectivity index (χ0) is 21.0. The molecule has 4 nitrogen and oxygen atoms in total. The van der Waals surface area contributed by atoms with Crippen molar-refractivity contribution in [1.82, 2.24) is 0 Å². The smallest absolute Gasteiger partial charge is 0.238 e. The molecule has 0 saturated carbocycles. The Morgan fingerprint density at radius 1 is 1.10 bits per heavy atom. The lowest BCUT2D eigenvalue weighted by atomic mass is 10.1. The monoisotopic (exact) mass is 444 g/mol. The third-order valence-electron chi connectivity index (χ3n) is 4.22. The summed E-state index contributed by atoms with van der Waals surface area (Å²) >= 11 is 17.7. The van der Waals surface area contributed by atoms with Crippen molar-refractivity contribution in [1.29, 1.82) is 0 Å². The number of rotatable bonds is 5. The minimum atomic E-state index is -0.326. The largest absolute Gasteiger partial charge is 0.867 e. The number of nitrogens with one attached hydrogen (secondary N) is 1. The number of aliphatic hydroxyl groups is 1. The first-order valence-electron chi connectivity index (χ1n) is 8.75. The maximum Gasteiger partial charge on any atom is 0.238 e. The van der Waals surface area contributed by atoms with Crippen LogP contribution in [-0.2, 0) is 6.61 Å². The molecule has 2 N–H and O–H groups in total. The summed E-state index contributed by atoms with van der Waals surface area (Å²) in [5.74, 6) is -0.326. The molecule has 0 saturated heterocycles. The van der Waals surface area contributed by atoms with Crippen molar-refractivity contribution < 1.29 is 14.8 Å². The molecule has 0 spiro atoms. The summed E-state index contributed by atoms with van der Waals surface area (Å²) in [5.41, 5.74) is 3.10. The molecule has 0 amide bonds. The summed E-state index contributed by atoms with van der Waals surface area (Å²) in [6, 6.07) is 15.8. The fourth-order valence-electron chi connectivity index (χ4n) is 2.70. The number of aromatic nitrogens is 1. The molecule has 0 bridgehead atoms. The molecule has 0 unspecified atom stereocenters. The van der Waals surface area contributed by atoms with Crippen LogP contribution >= 0.6 is 35.4 Å². The number of aryl methyl sites for hydroxylation is 1. The van der Waals surface area contributed by atoms with Crippen LogP contribution in [0.1, 0.15) is 16.7 Å². The molecular formula is C22H18Cl2N2O2S. The van der Waals surface area contributed by atoms with Crippen LogP contribution < -0.4 is 15.0 Å². The van der Waals surface area contributed by atoms with Crippen LogP contribution in [0.5, 0.6) is 0 Å². The molecule has 1 aromatic heterocycles. The first-order valence-corrected chi connectivity index (χ1v) is 9.91. The van der Waals surface area contributed by atoms with Gasteiger partial charge in [-0.3, -0.25) is 0 Å². The molecule has 1 heterocycles. The number of pyridine rings is 1. The van der Waals surface area contributed by atoms with Crippen molar-refractivity contribution in [3.63, 3.8) is 0 Å². The summed E-state index contributed by atoms with van der Waals surface area (Å²) in [7, 11) is 0. The zero-order valence-corrected chi connectivity index (χ0v) is 17.9. The van der Waals surface area contributed by atoms with E-state index in [1.165, 1.54) is 6.07 Å². The lowest BCUT2D eigenvalue weighted by Gasteiger charge is -2.17. The van der Waals surface area contributed by atoms with Gasteiger partial charge in [0.25, 0.3) is 0 Å². The highest BCUT2D eigenvalue weighted by atomic mass is 35.5. The number of hydrogen-bond acceptors (Lipinski definition) is 3. The van der Waals surface area contributed by atoms with E-state index in [0.29, 0.717) is 16.1 Å². The van der Waals surface area contributed by atoms with E-state index < -0.39 is 0 Å². The number of nitrogens with zero attached hydrogens (tertiary/aromatic N) is 1. The van der Waals surface area contributed by atoms with Crippen LogP contribution in [0.25, 0.3) is 11.5 Å². The summed E-state index contributed by atoms with van der Waals surface area (Å²) in [5, 5.41) is 26.6. The van der Waals surface area contributed by atoms with Gasteiger partial charge in [-0.1, -0.05) is 59.2 Å². The number of anilines is 1. The third kappa shape index (κ3) is 5.14. The molecule has 0 radical (unpaired) electrons. The van der Waals surface area contributed by atoms with E-state index in [9.17, 15) is 10.2 Å².